The molecular weight excluding hydrogens is 374 g/mol. The van der Waals surface area contributed by atoms with Gasteiger partial charge in [-0.05, 0) is 45.6 Å². The van der Waals surface area contributed by atoms with Crippen LogP contribution in [0.3, 0.4) is 0 Å². The van der Waals surface area contributed by atoms with Crippen LogP contribution >= 0.6 is 0 Å². The van der Waals surface area contributed by atoms with Crippen molar-refractivity contribution in [3.8, 4) is 0 Å². The summed E-state index contributed by atoms with van der Waals surface area (Å²) < 4.78 is 18.1. The van der Waals surface area contributed by atoms with E-state index in [4.69, 9.17) is 14.2 Å². The fourth-order valence-electron chi connectivity index (χ4n) is 3.94. The molecule has 1 aromatic rings. The molecule has 0 N–H and O–H groups in total. The van der Waals surface area contributed by atoms with E-state index < -0.39 is 0 Å². The van der Waals surface area contributed by atoms with Crippen LogP contribution in [-0.4, -0.2) is 96.1 Å². The molecule has 0 atom stereocenters. The van der Waals surface area contributed by atoms with E-state index in [2.05, 4.69) is 15.2 Å². The monoisotopic (exact) mass is 409 g/mol. The van der Waals surface area contributed by atoms with Gasteiger partial charge in [-0.1, -0.05) is 5.21 Å². The molecule has 29 heavy (non-hydrogen) atoms. The second-order valence-corrected chi connectivity index (χ2v) is 7.64. The van der Waals surface area contributed by atoms with Crippen molar-refractivity contribution in [2.75, 3.05) is 59.2 Å². The lowest BCUT2D eigenvalue weighted by atomic mass is 9.93. The van der Waals surface area contributed by atoms with E-state index >= 15 is 0 Å². The van der Waals surface area contributed by atoms with Gasteiger partial charge in [0.1, 0.15) is 0 Å². The number of likely N-dealkylation sites (tertiary alicyclic amines) is 1. The van der Waals surface area contributed by atoms with E-state index in [-0.39, 0.29) is 12.2 Å². The highest BCUT2D eigenvalue weighted by atomic mass is 16.7. The maximum absolute atomic E-state index is 12.8. The molecule has 0 radical (unpaired) electrons. The van der Waals surface area contributed by atoms with Gasteiger partial charge >= 0.3 is 0 Å². The molecule has 2 saturated heterocycles. The SMILES string of the molecule is CCOC(Cn1cc(C(=O)N2CCC(CCN3CCOCC3)CC2)nn1)OCC. The van der Waals surface area contributed by atoms with Gasteiger partial charge in [0.05, 0.1) is 26.0 Å². The second kappa shape index (κ2) is 11.6. The Kier molecular flexibility index (Phi) is 8.85. The van der Waals surface area contributed by atoms with E-state index in [0.29, 0.717) is 31.4 Å². The summed E-state index contributed by atoms with van der Waals surface area (Å²) in [6.45, 7) is 11.9. The predicted molar refractivity (Wildman–Crippen MR) is 108 cm³/mol. The number of morpholine rings is 1. The molecule has 1 aromatic heterocycles. The van der Waals surface area contributed by atoms with Gasteiger partial charge in [0.2, 0.25) is 0 Å². The van der Waals surface area contributed by atoms with Crippen LogP contribution in [0.15, 0.2) is 6.20 Å². The van der Waals surface area contributed by atoms with Crippen molar-refractivity contribution in [1.82, 2.24) is 24.8 Å². The maximum Gasteiger partial charge on any atom is 0.276 e. The van der Waals surface area contributed by atoms with Crippen LogP contribution in [0.25, 0.3) is 0 Å². The lowest BCUT2D eigenvalue weighted by molar-refractivity contribution is -0.145. The zero-order valence-corrected chi connectivity index (χ0v) is 17.8. The highest BCUT2D eigenvalue weighted by Crippen LogP contribution is 2.22. The summed E-state index contributed by atoms with van der Waals surface area (Å²) in [6, 6.07) is 0. The molecule has 0 saturated carbocycles. The highest BCUT2D eigenvalue weighted by Gasteiger charge is 2.26. The molecule has 164 valence electrons. The van der Waals surface area contributed by atoms with Crippen LogP contribution in [-0.2, 0) is 20.8 Å². The molecule has 9 heteroatoms. The minimum Gasteiger partial charge on any atom is -0.379 e. The summed E-state index contributed by atoms with van der Waals surface area (Å²) >= 11 is 0. The molecule has 1 amide bonds. The number of aromatic nitrogens is 3. The Bertz CT molecular complexity index is 606. The first-order valence-corrected chi connectivity index (χ1v) is 10.9. The number of piperidine rings is 1. The van der Waals surface area contributed by atoms with Gasteiger partial charge in [0.25, 0.3) is 5.91 Å². The molecule has 2 aliphatic rings. The van der Waals surface area contributed by atoms with Gasteiger partial charge in [-0.2, -0.15) is 0 Å². The zero-order chi connectivity index (χ0) is 20.5. The number of carbonyl (C=O) groups excluding carboxylic acids is 1. The molecule has 0 spiro atoms. The van der Waals surface area contributed by atoms with Gasteiger partial charge < -0.3 is 19.1 Å². The van der Waals surface area contributed by atoms with E-state index in [1.165, 1.54) is 6.42 Å². The molecule has 2 aliphatic heterocycles. The van der Waals surface area contributed by atoms with Crippen LogP contribution in [0.1, 0.15) is 43.6 Å². The third kappa shape index (κ3) is 6.74. The molecule has 3 heterocycles. The molecule has 9 nitrogen and oxygen atoms in total. The molecule has 2 fully saturated rings. The summed E-state index contributed by atoms with van der Waals surface area (Å²) in [7, 11) is 0. The molecule has 0 aliphatic carbocycles. The molecular formula is C20H35N5O4. The summed E-state index contributed by atoms with van der Waals surface area (Å²) in [5, 5.41) is 8.15. The van der Waals surface area contributed by atoms with E-state index in [0.717, 1.165) is 58.8 Å². The van der Waals surface area contributed by atoms with Crippen LogP contribution in [0.2, 0.25) is 0 Å². The number of hydrogen-bond acceptors (Lipinski definition) is 7. The highest BCUT2D eigenvalue weighted by molar-refractivity contribution is 5.91. The minimum atomic E-state index is -0.378. The summed E-state index contributed by atoms with van der Waals surface area (Å²) in [4.78, 5) is 17.2. The van der Waals surface area contributed by atoms with Crippen molar-refractivity contribution in [2.24, 2.45) is 5.92 Å². The average Bonchev–Trinajstić information content (AvgIpc) is 3.22. The summed E-state index contributed by atoms with van der Waals surface area (Å²) in [5.74, 6) is 0.656. The molecule has 3 rings (SSSR count). The van der Waals surface area contributed by atoms with Crippen molar-refractivity contribution < 1.29 is 19.0 Å². The Labute approximate surface area is 173 Å². The Morgan fingerprint density at radius 1 is 1.17 bits per heavy atom. The molecule has 0 bridgehead atoms. The van der Waals surface area contributed by atoms with Crippen molar-refractivity contribution in [3.63, 3.8) is 0 Å². The summed E-state index contributed by atoms with van der Waals surface area (Å²) in [5.41, 5.74) is 0.392. The predicted octanol–water partition coefficient (Wildman–Crippen LogP) is 1.25. The van der Waals surface area contributed by atoms with Crippen molar-refractivity contribution >= 4 is 5.91 Å². The third-order valence-electron chi connectivity index (χ3n) is 5.66. The quantitative estimate of drug-likeness (QED) is 0.538. The third-order valence-corrected chi connectivity index (χ3v) is 5.66. The Morgan fingerprint density at radius 2 is 1.86 bits per heavy atom. The van der Waals surface area contributed by atoms with Gasteiger partial charge in [0, 0.05) is 39.4 Å². The van der Waals surface area contributed by atoms with Crippen LogP contribution < -0.4 is 0 Å². The van der Waals surface area contributed by atoms with Gasteiger partial charge in [-0.3, -0.25) is 9.69 Å². The number of ether oxygens (including phenoxy) is 3. The minimum absolute atomic E-state index is 0.0350. The van der Waals surface area contributed by atoms with Crippen LogP contribution in [0.5, 0.6) is 0 Å². The normalized spacial score (nSPS) is 19.2. The molecule has 0 aromatic carbocycles. The standard InChI is InChI=1S/C20H35N5O4/c1-3-28-19(29-4-2)16-25-15-18(21-22-25)20(26)24-9-6-17(7-10-24)5-8-23-11-13-27-14-12-23/h15,17,19H,3-14,16H2,1-2H3. The maximum atomic E-state index is 12.8. The second-order valence-electron chi connectivity index (χ2n) is 7.64. The number of rotatable bonds is 10. The number of amides is 1. The largest absolute Gasteiger partial charge is 0.379 e. The smallest absolute Gasteiger partial charge is 0.276 e. The van der Waals surface area contributed by atoms with E-state index in [1.54, 1.807) is 10.9 Å². The van der Waals surface area contributed by atoms with Crippen molar-refractivity contribution in [3.05, 3.63) is 11.9 Å². The Hall–Kier alpha value is -1.55. The zero-order valence-electron chi connectivity index (χ0n) is 17.8. The fraction of sp³-hybridized carbons (Fsp3) is 0.850. The fourth-order valence-corrected chi connectivity index (χ4v) is 3.94. The Morgan fingerprint density at radius 3 is 2.52 bits per heavy atom. The topological polar surface area (TPSA) is 82.0 Å². The van der Waals surface area contributed by atoms with Gasteiger partial charge in [-0.25, -0.2) is 4.68 Å². The first-order valence-electron chi connectivity index (χ1n) is 10.9. The van der Waals surface area contributed by atoms with Gasteiger partial charge in [-0.15, -0.1) is 5.10 Å². The van der Waals surface area contributed by atoms with Gasteiger partial charge in [0.15, 0.2) is 12.0 Å². The van der Waals surface area contributed by atoms with E-state index in [9.17, 15) is 4.79 Å². The first-order chi connectivity index (χ1) is 14.2. The van der Waals surface area contributed by atoms with Crippen LogP contribution in [0.4, 0.5) is 0 Å². The lowest BCUT2D eigenvalue weighted by Gasteiger charge is -2.33. The van der Waals surface area contributed by atoms with Crippen LogP contribution in [0, 0.1) is 5.92 Å². The Balaban J connectivity index is 1.42. The first kappa shape index (κ1) is 22.1. The number of carbonyl (C=O) groups is 1. The van der Waals surface area contributed by atoms with Crippen molar-refractivity contribution in [2.45, 2.75) is 45.9 Å². The number of nitrogens with zero attached hydrogens (tertiary/aromatic N) is 5. The molecule has 0 unspecified atom stereocenters. The average molecular weight is 410 g/mol. The lowest BCUT2D eigenvalue weighted by Crippen LogP contribution is -2.41. The van der Waals surface area contributed by atoms with E-state index in [1.807, 2.05) is 18.7 Å². The number of hydrogen-bond donors (Lipinski definition) is 0. The van der Waals surface area contributed by atoms with Crippen molar-refractivity contribution in [1.29, 1.82) is 0 Å². The summed E-state index contributed by atoms with van der Waals surface area (Å²) in [6.07, 6.45) is 4.63.